The van der Waals surface area contributed by atoms with Gasteiger partial charge in [-0.25, -0.2) is 4.98 Å². The van der Waals surface area contributed by atoms with Crippen LogP contribution in [0.25, 0.3) is 33.5 Å². The van der Waals surface area contributed by atoms with E-state index in [0.717, 1.165) is 21.2 Å². The Labute approximate surface area is 227 Å². The number of nitrogens with zero attached hydrogens (tertiary/aromatic N) is 4. The van der Waals surface area contributed by atoms with Crippen molar-refractivity contribution in [1.29, 1.82) is 0 Å². The summed E-state index contributed by atoms with van der Waals surface area (Å²) < 4.78 is 13.2. The topological polar surface area (TPSA) is 113 Å². The number of benzene rings is 4. The second kappa shape index (κ2) is 10.3. The minimum Gasteiger partial charge on any atom is -0.488 e. The second-order valence-electron chi connectivity index (χ2n) is 9.22. The number of aromatic nitrogens is 2. The van der Waals surface area contributed by atoms with Crippen molar-refractivity contribution in [3.8, 4) is 17.3 Å². The van der Waals surface area contributed by atoms with E-state index in [1.165, 1.54) is 24.4 Å². The van der Waals surface area contributed by atoms with Gasteiger partial charge in [0, 0.05) is 23.1 Å². The van der Waals surface area contributed by atoms with E-state index in [1.807, 2.05) is 55.5 Å². The number of fused-ring (bicyclic) bond motifs is 2. The molecule has 0 saturated carbocycles. The Morgan fingerprint density at radius 1 is 1.00 bits per heavy atom. The summed E-state index contributed by atoms with van der Waals surface area (Å²) in [7, 11) is 0. The fourth-order valence-corrected chi connectivity index (χ4v) is 4.33. The molecule has 0 saturated heterocycles. The van der Waals surface area contributed by atoms with Crippen molar-refractivity contribution in [2.45, 2.75) is 13.5 Å². The molecule has 0 N–H and O–H groups in total. The normalized spacial score (nSPS) is 11.4. The van der Waals surface area contributed by atoms with Gasteiger partial charge in [0.05, 0.1) is 22.0 Å². The molecule has 0 atom stereocenters. The van der Waals surface area contributed by atoms with Crippen LogP contribution in [0.3, 0.4) is 0 Å². The van der Waals surface area contributed by atoms with Gasteiger partial charge >= 0.3 is 0 Å². The number of para-hydroxylation sites is 2. The van der Waals surface area contributed by atoms with Gasteiger partial charge in [0.25, 0.3) is 11.2 Å². The number of ether oxygens (including phenoxy) is 1. The number of hydrogen-bond donors (Lipinski definition) is 0. The summed E-state index contributed by atoms with van der Waals surface area (Å²) in [5.41, 5.74) is 2.98. The monoisotopic (exact) mass is 530 g/mol. The summed E-state index contributed by atoms with van der Waals surface area (Å²) in [4.78, 5) is 29.3. The summed E-state index contributed by atoms with van der Waals surface area (Å²) in [5.74, 6) is 0.932. The maximum absolute atomic E-state index is 13.6. The van der Waals surface area contributed by atoms with Crippen molar-refractivity contribution in [2.75, 3.05) is 0 Å². The first-order chi connectivity index (χ1) is 19.5. The van der Waals surface area contributed by atoms with Crippen molar-refractivity contribution in [3.05, 3.63) is 134 Å². The van der Waals surface area contributed by atoms with Crippen LogP contribution in [-0.2, 0) is 6.61 Å². The van der Waals surface area contributed by atoms with E-state index in [0.29, 0.717) is 33.6 Å². The van der Waals surface area contributed by atoms with E-state index in [2.05, 4.69) is 10.1 Å². The highest BCUT2D eigenvalue weighted by atomic mass is 16.6. The van der Waals surface area contributed by atoms with Crippen LogP contribution in [0.5, 0.6) is 5.75 Å². The third-order valence-electron chi connectivity index (χ3n) is 6.43. The summed E-state index contributed by atoms with van der Waals surface area (Å²) in [6.07, 6.45) is 1.36. The summed E-state index contributed by atoms with van der Waals surface area (Å²) in [6.45, 7) is 2.25. The highest BCUT2D eigenvalue weighted by Crippen LogP contribution is 2.28. The predicted molar refractivity (Wildman–Crippen MR) is 153 cm³/mol. The van der Waals surface area contributed by atoms with Gasteiger partial charge in [-0.2, -0.15) is 9.78 Å². The molecule has 0 radical (unpaired) electrons. The molecule has 0 unspecified atom stereocenters. The smallest absolute Gasteiger partial charge is 0.282 e. The van der Waals surface area contributed by atoms with Crippen molar-refractivity contribution >= 4 is 33.8 Å². The Morgan fingerprint density at radius 3 is 2.58 bits per heavy atom. The number of furan rings is 1. The number of nitro groups is 1. The molecule has 0 aliphatic heterocycles. The first-order valence-electron chi connectivity index (χ1n) is 12.5. The fraction of sp³-hybridized carbons (Fsp3) is 0.0645. The molecule has 0 fully saturated rings. The lowest BCUT2D eigenvalue weighted by molar-refractivity contribution is -0.384. The molecule has 0 bridgehead atoms. The zero-order valence-corrected chi connectivity index (χ0v) is 21.4. The molecule has 0 aliphatic carbocycles. The van der Waals surface area contributed by atoms with E-state index in [-0.39, 0.29) is 18.1 Å². The molecule has 0 spiro atoms. The highest BCUT2D eigenvalue weighted by Gasteiger charge is 2.17. The Balaban J connectivity index is 1.46. The van der Waals surface area contributed by atoms with Crippen LogP contribution in [0.2, 0.25) is 0 Å². The first kappa shape index (κ1) is 24.7. The SMILES string of the molecule is Cc1ccc(COc2ccc([N+](=O)[O-])cc2C=Nn2c(-c3cc4ccccc4o3)nc3ccccc3c2=O)cc1. The Hall–Kier alpha value is -5.57. The molecule has 9 heteroatoms. The van der Waals surface area contributed by atoms with Crippen LogP contribution in [0.4, 0.5) is 5.69 Å². The van der Waals surface area contributed by atoms with E-state index in [9.17, 15) is 14.9 Å². The lowest BCUT2D eigenvalue weighted by Gasteiger charge is -2.10. The van der Waals surface area contributed by atoms with Gasteiger partial charge in [-0.15, -0.1) is 0 Å². The van der Waals surface area contributed by atoms with Crippen LogP contribution in [0.1, 0.15) is 16.7 Å². The average Bonchev–Trinajstić information content (AvgIpc) is 3.41. The van der Waals surface area contributed by atoms with Gasteiger partial charge in [0.15, 0.2) is 5.76 Å². The highest BCUT2D eigenvalue weighted by molar-refractivity contribution is 5.86. The van der Waals surface area contributed by atoms with Gasteiger partial charge in [-0.05, 0) is 42.8 Å². The molecule has 6 rings (SSSR count). The van der Waals surface area contributed by atoms with Gasteiger partial charge in [-0.1, -0.05) is 60.2 Å². The minimum atomic E-state index is -0.495. The van der Waals surface area contributed by atoms with Crippen molar-refractivity contribution in [2.24, 2.45) is 5.10 Å². The standard InChI is InChI=1S/C31H22N4O5/c1-20-10-12-21(13-11-20)19-39-27-15-14-24(35(37)38)16-23(27)18-32-34-30(29-17-22-6-2-5-9-28(22)40-29)33-26-8-4-3-7-25(26)31(34)36/h2-18H,19H2,1H3. The summed E-state index contributed by atoms with van der Waals surface area (Å²) >= 11 is 0. The molecule has 196 valence electrons. The van der Waals surface area contributed by atoms with Gasteiger partial charge in [0.2, 0.25) is 5.82 Å². The average molecular weight is 531 g/mol. The summed E-state index contributed by atoms with van der Waals surface area (Å²) in [6, 6.07) is 28.3. The predicted octanol–water partition coefficient (Wildman–Crippen LogP) is 6.49. The number of rotatable bonds is 7. The van der Waals surface area contributed by atoms with Crippen molar-refractivity contribution in [3.63, 3.8) is 0 Å². The maximum Gasteiger partial charge on any atom is 0.282 e. The fourth-order valence-electron chi connectivity index (χ4n) is 4.33. The van der Waals surface area contributed by atoms with Crippen LogP contribution < -0.4 is 10.3 Å². The van der Waals surface area contributed by atoms with Gasteiger partial charge in [0.1, 0.15) is 17.9 Å². The third kappa shape index (κ3) is 4.83. The molecule has 9 nitrogen and oxygen atoms in total. The van der Waals surface area contributed by atoms with Crippen LogP contribution >= 0.6 is 0 Å². The quantitative estimate of drug-likeness (QED) is 0.132. The molecule has 4 aromatic carbocycles. The zero-order valence-electron chi connectivity index (χ0n) is 21.4. The van der Waals surface area contributed by atoms with E-state index >= 15 is 0 Å². The second-order valence-corrected chi connectivity index (χ2v) is 9.22. The van der Waals surface area contributed by atoms with Crippen molar-refractivity contribution < 1.29 is 14.1 Å². The Bertz CT molecular complexity index is 1940. The minimum absolute atomic E-state index is 0.134. The molecule has 2 heterocycles. The maximum atomic E-state index is 13.6. The summed E-state index contributed by atoms with van der Waals surface area (Å²) in [5, 5.41) is 17.2. The Morgan fingerprint density at radius 2 is 1.77 bits per heavy atom. The number of non-ortho nitro benzene ring substituents is 1. The lowest BCUT2D eigenvalue weighted by atomic mass is 10.1. The van der Waals surface area contributed by atoms with Crippen LogP contribution in [0, 0.1) is 17.0 Å². The van der Waals surface area contributed by atoms with E-state index in [1.54, 1.807) is 30.3 Å². The van der Waals surface area contributed by atoms with E-state index < -0.39 is 10.5 Å². The number of hydrogen-bond acceptors (Lipinski definition) is 7. The molecule has 2 aromatic heterocycles. The van der Waals surface area contributed by atoms with Gasteiger partial charge in [-0.3, -0.25) is 14.9 Å². The van der Waals surface area contributed by atoms with Crippen LogP contribution in [-0.4, -0.2) is 20.8 Å². The molecule has 6 aromatic rings. The van der Waals surface area contributed by atoms with Crippen LogP contribution in [0.15, 0.2) is 111 Å². The zero-order chi connectivity index (χ0) is 27.6. The van der Waals surface area contributed by atoms with Gasteiger partial charge < -0.3 is 9.15 Å². The molecule has 0 amide bonds. The lowest BCUT2D eigenvalue weighted by Crippen LogP contribution is -2.20. The molecular weight excluding hydrogens is 508 g/mol. The largest absolute Gasteiger partial charge is 0.488 e. The molecule has 40 heavy (non-hydrogen) atoms. The Kier molecular flexibility index (Phi) is 6.37. The number of aryl methyl sites for hydroxylation is 1. The molecular formula is C31H22N4O5. The van der Waals surface area contributed by atoms with Crippen molar-refractivity contribution in [1.82, 2.24) is 9.66 Å². The number of nitro benzene ring substituents is 1. The van der Waals surface area contributed by atoms with E-state index in [4.69, 9.17) is 9.15 Å². The third-order valence-corrected chi connectivity index (χ3v) is 6.43. The molecule has 0 aliphatic rings. The first-order valence-corrected chi connectivity index (χ1v) is 12.5.